The number of benzene rings is 3. The number of nitrogens with zero attached hydrogens (tertiary/aromatic N) is 2. The zero-order valence-corrected chi connectivity index (χ0v) is 24.8. The van der Waals surface area contributed by atoms with Gasteiger partial charge in [0.15, 0.2) is 5.58 Å². The molecule has 0 unspecified atom stereocenters. The van der Waals surface area contributed by atoms with Crippen LogP contribution in [0, 0.1) is 19.1 Å². The molecule has 1 radical (unpaired) electrons. The van der Waals surface area contributed by atoms with Crippen molar-refractivity contribution in [2.45, 2.75) is 26.6 Å². The third-order valence-electron chi connectivity index (χ3n) is 6.04. The van der Waals surface area contributed by atoms with Gasteiger partial charge in [0.05, 0.1) is 14.3 Å². The molecule has 0 aliphatic carbocycles. The zero-order chi connectivity index (χ0) is 25.1. The first-order valence-electron chi connectivity index (χ1n) is 12.1. The van der Waals surface area contributed by atoms with Crippen molar-refractivity contribution < 1.29 is 24.5 Å². The number of rotatable bonds is 3. The standard InChI is InChI=1S/C20H18NOSi.C12H10N.Ir/c1-23(2,3)15-8-6-7-14(11-15)18-12-17-16-9-4-5-10-19(16)22-20(17)13-21-18;1-10-7-8-12(13-9-10)11-5-3-2-4-6-11;/h4-10,12-13H,1-3H3;2-5,7-9H,1H3;/q2*-1;. The van der Waals surface area contributed by atoms with Crippen molar-refractivity contribution in [3.05, 3.63) is 115 Å². The molecule has 0 spiro atoms. The van der Waals surface area contributed by atoms with Gasteiger partial charge in [0, 0.05) is 37.1 Å². The van der Waals surface area contributed by atoms with Gasteiger partial charge in [-0.3, -0.25) is 0 Å². The smallest absolute Gasteiger partial charge is 0.151 e. The van der Waals surface area contributed by atoms with Crippen molar-refractivity contribution in [3.8, 4) is 22.5 Å². The van der Waals surface area contributed by atoms with E-state index in [1.54, 1.807) is 0 Å². The Morgan fingerprint density at radius 3 is 2.19 bits per heavy atom. The Morgan fingerprint density at radius 2 is 1.46 bits per heavy atom. The van der Waals surface area contributed by atoms with Crippen molar-refractivity contribution >= 4 is 35.2 Å². The second-order valence-electron chi connectivity index (χ2n) is 9.89. The van der Waals surface area contributed by atoms with Crippen LogP contribution in [0.25, 0.3) is 44.5 Å². The Hall–Kier alpha value is -3.37. The maximum absolute atomic E-state index is 5.86. The van der Waals surface area contributed by atoms with Gasteiger partial charge in [-0.1, -0.05) is 56.0 Å². The Balaban J connectivity index is 0.000000195. The molecule has 0 saturated heterocycles. The van der Waals surface area contributed by atoms with Gasteiger partial charge in [0.1, 0.15) is 5.58 Å². The van der Waals surface area contributed by atoms with Gasteiger partial charge < -0.3 is 14.4 Å². The topological polar surface area (TPSA) is 38.9 Å². The largest absolute Gasteiger partial charge is 0.455 e. The SMILES string of the molecule is C[Si](C)(C)c1[c-]c(-c2cc3c(cn2)oc2ccccc23)ccc1.Cc1ccc(-c2[c-]cccc2)nc1.[Ir]. The van der Waals surface area contributed by atoms with E-state index in [1.807, 2.05) is 67.8 Å². The minimum absolute atomic E-state index is 0. The first kappa shape index (κ1) is 26.7. The fourth-order valence-electron chi connectivity index (χ4n) is 4.01. The van der Waals surface area contributed by atoms with E-state index in [0.717, 1.165) is 44.5 Å². The van der Waals surface area contributed by atoms with Crippen LogP contribution in [-0.2, 0) is 20.1 Å². The molecule has 0 fully saturated rings. The van der Waals surface area contributed by atoms with Gasteiger partial charge in [0.25, 0.3) is 0 Å². The van der Waals surface area contributed by atoms with Crippen LogP contribution in [0.2, 0.25) is 19.6 Å². The van der Waals surface area contributed by atoms with Crippen LogP contribution in [0.3, 0.4) is 0 Å². The summed E-state index contributed by atoms with van der Waals surface area (Å²) in [5.41, 5.74) is 6.94. The van der Waals surface area contributed by atoms with Crippen molar-refractivity contribution in [1.29, 1.82) is 0 Å². The van der Waals surface area contributed by atoms with E-state index >= 15 is 0 Å². The van der Waals surface area contributed by atoms with Crippen LogP contribution in [0.5, 0.6) is 0 Å². The second kappa shape index (κ2) is 11.3. The van der Waals surface area contributed by atoms with Crippen molar-refractivity contribution in [3.63, 3.8) is 0 Å². The fourth-order valence-corrected chi connectivity index (χ4v) is 5.12. The van der Waals surface area contributed by atoms with E-state index in [4.69, 9.17) is 4.42 Å². The summed E-state index contributed by atoms with van der Waals surface area (Å²) in [5.74, 6) is 0. The Labute approximate surface area is 233 Å². The van der Waals surface area contributed by atoms with Crippen molar-refractivity contribution in [2.75, 3.05) is 0 Å². The molecule has 0 atom stereocenters. The molecule has 0 aliphatic heterocycles. The van der Waals surface area contributed by atoms with Crippen LogP contribution in [-0.4, -0.2) is 18.0 Å². The third-order valence-corrected chi connectivity index (χ3v) is 7.95. The molecule has 5 heteroatoms. The van der Waals surface area contributed by atoms with Gasteiger partial charge in [-0.25, -0.2) is 0 Å². The van der Waals surface area contributed by atoms with Gasteiger partial charge in [-0.2, -0.15) is 0 Å². The summed E-state index contributed by atoms with van der Waals surface area (Å²) in [4.78, 5) is 8.90. The molecule has 3 heterocycles. The van der Waals surface area contributed by atoms with Crippen LogP contribution in [0.4, 0.5) is 0 Å². The van der Waals surface area contributed by atoms with Gasteiger partial charge in [-0.15, -0.1) is 70.9 Å². The summed E-state index contributed by atoms with van der Waals surface area (Å²) in [5, 5.41) is 3.57. The first-order chi connectivity index (χ1) is 17.4. The Morgan fingerprint density at radius 1 is 0.703 bits per heavy atom. The maximum atomic E-state index is 5.86. The zero-order valence-electron chi connectivity index (χ0n) is 21.4. The summed E-state index contributed by atoms with van der Waals surface area (Å²) < 4.78 is 5.86. The number of pyridine rings is 2. The molecule has 0 amide bonds. The van der Waals surface area contributed by atoms with E-state index in [0.29, 0.717) is 0 Å². The third kappa shape index (κ3) is 6.14. The molecule has 6 aromatic rings. The van der Waals surface area contributed by atoms with E-state index in [2.05, 4.69) is 78.1 Å². The number of hydrogen-bond acceptors (Lipinski definition) is 3. The monoisotopic (exact) mass is 677 g/mol. The number of fused-ring (bicyclic) bond motifs is 3. The molecule has 0 bridgehead atoms. The summed E-state index contributed by atoms with van der Waals surface area (Å²) in [6, 6.07) is 35.2. The van der Waals surface area contributed by atoms with Crippen LogP contribution < -0.4 is 5.19 Å². The molecule has 6 rings (SSSR count). The summed E-state index contributed by atoms with van der Waals surface area (Å²) in [7, 11) is -1.38. The maximum Gasteiger partial charge on any atom is 0.151 e. The van der Waals surface area contributed by atoms with Gasteiger partial charge >= 0.3 is 0 Å². The predicted molar refractivity (Wildman–Crippen MR) is 152 cm³/mol. The number of aryl methyl sites for hydroxylation is 1. The molecule has 3 aromatic carbocycles. The normalized spacial score (nSPS) is 11.0. The predicted octanol–water partition coefficient (Wildman–Crippen LogP) is 7.85. The first-order valence-corrected chi connectivity index (χ1v) is 15.6. The van der Waals surface area contributed by atoms with E-state index in [9.17, 15) is 0 Å². The molecular weight excluding hydrogens is 649 g/mol. The van der Waals surface area contributed by atoms with Gasteiger partial charge in [-0.05, 0) is 29.9 Å². The summed E-state index contributed by atoms with van der Waals surface area (Å²) in [6.45, 7) is 9.04. The molecule has 3 aromatic heterocycles. The average molecular weight is 677 g/mol. The molecule has 3 nitrogen and oxygen atoms in total. The quantitative estimate of drug-likeness (QED) is 0.142. The number of furan rings is 1. The van der Waals surface area contributed by atoms with Gasteiger partial charge in [0.2, 0.25) is 0 Å². The molecular formula is C32H28IrN2OSi-2. The Bertz CT molecular complexity index is 1620. The molecule has 187 valence electrons. The molecule has 37 heavy (non-hydrogen) atoms. The average Bonchev–Trinajstić information content (AvgIpc) is 3.28. The number of aromatic nitrogens is 2. The Kier molecular flexibility index (Phi) is 8.18. The van der Waals surface area contributed by atoms with Crippen LogP contribution >= 0.6 is 0 Å². The van der Waals surface area contributed by atoms with E-state index in [1.165, 1.54) is 10.8 Å². The van der Waals surface area contributed by atoms with Crippen LogP contribution in [0.1, 0.15) is 5.56 Å². The number of para-hydroxylation sites is 1. The number of hydrogen-bond donors (Lipinski definition) is 0. The fraction of sp³-hybridized carbons (Fsp3) is 0.125. The van der Waals surface area contributed by atoms with E-state index in [-0.39, 0.29) is 20.1 Å². The molecule has 0 aliphatic rings. The van der Waals surface area contributed by atoms with Crippen molar-refractivity contribution in [1.82, 2.24) is 9.97 Å². The summed E-state index contributed by atoms with van der Waals surface area (Å²) >= 11 is 0. The van der Waals surface area contributed by atoms with E-state index < -0.39 is 8.07 Å². The van der Waals surface area contributed by atoms with Crippen molar-refractivity contribution in [2.24, 2.45) is 0 Å². The minimum Gasteiger partial charge on any atom is -0.455 e. The molecule has 0 N–H and O–H groups in total. The summed E-state index contributed by atoms with van der Waals surface area (Å²) in [6.07, 6.45) is 3.69. The minimum atomic E-state index is -1.38. The molecule has 0 saturated carbocycles. The van der Waals surface area contributed by atoms with Crippen LogP contribution in [0.15, 0.2) is 102 Å². The second-order valence-corrected chi connectivity index (χ2v) is 14.9.